The molecular weight excluding hydrogens is 332 g/mol. The molecule has 0 aliphatic carbocycles. The highest BCUT2D eigenvalue weighted by Gasteiger charge is 2.08. The number of amides is 1. The summed E-state index contributed by atoms with van der Waals surface area (Å²) in [5.41, 5.74) is 1.17. The molecule has 0 spiro atoms. The van der Waals surface area contributed by atoms with Crippen LogP contribution in [0.2, 0.25) is 0 Å². The molecule has 1 aromatic heterocycles. The molecule has 0 saturated heterocycles. The van der Waals surface area contributed by atoms with E-state index < -0.39 is 10.0 Å². The molecule has 128 valence electrons. The third-order valence-electron chi connectivity index (χ3n) is 3.28. The fraction of sp³-hybridized carbons (Fsp3) is 0.267. The molecule has 9 heteroatoms. The molecule has 0 unspecified atom stereocenters. The van der Waals surface area contributed by atoms with Gasteiger partial charge in [0.15, 0.2) is 0 Å². The van der Waals surface area contributed by atoms with Crippen LogP contribution in [0.5, 0.6) is 0 Å². The summed E-state index contributed by atoms with van der Waals surface area (Å²) in [6.07, 6.45) is 0.521. The molecule has 0 aliphatic heterocycles. The maximum absolute atomic E-state index is 11.8. The lowest BCUT2D eigenvalue weighted by molar-refractivity contribution is -0.121. The molecule has 3 N–H and O–H groups in total. The first-order valence-electron chi connectivity index (χ1n) is 7.19. The Balaban J connectivity index is 1.86. The molecule has 1 heterocycles. The average molecular weight is 350 g/mol. The summed E-state index contributed by atoms with van der Waals surface area (Å²) in [6.45, 7) is 1.94. The Morgan fingerprint density at radius 2 is 1.88 bits per heavy atom. The molecule has 8 nitrogen and oxygen atoms in total. The third-order valence-corrected chi connectivity index (χ3v) is 4.21. The number of primary sulfonamides is 1. The fourth-order valence-electron chi connectivity index (χ4n) is 2.05. The van der Waals surface area contributed by atoms with Crippen LogP contribution in [0.25, 0.3) is 0 Å². The molecule has 1 aromatic carbocycles. The van der Waals surface area contributed by atoms with E-state index in [0.717, 1.165) is 10.2 Å². The number of hydrogen-bond donors (Lipinski definition) is 2. The lowest BCUT2D eigenvalue weighted by Crippen LogP contribution is -2.34. The molecule has 24 heavy (non-hydrogen) atoms. The minimum absolute atomic E-state index is 0.0418. The number of nitrogens with zero attached hydrogens (tertiary/aromatic N) is 2. The Kier molecular flexibility index (Phi) is 5.47. The summed E-state index contributed by atoms with van der Waals surface area (Å²) in [7, 11) is -3.70. The van der Waals surface area contributed by atoms with Gasteiger partial charge in [-0.3, -0.25) is 9.59 Å². The van der Waals surface area contributed by atoms with Gasteiger partial charge in [-0.25, -0.2) is 18.2 Å². The van der Waals surface area contributed by atoms with Crippen LogP contribution in [0.1, 0.15) is 11.3 Å². The van der Waals surface area contributed by atoms with Crippen molar-refractivity contribution in [1.29, 1.82) is 0 Å². The number of sulfonamides is 1. The maximum atomic E-state index is 11.8. The first-order valence-corrected chi connectivity index (χ1v) is 8.73. The summed E-state index contributed by atoms with van der Waals surface area (Å²) >= 11 is 0. The van der Waals surface area contributed by atoms with Crippen molar-refractivity contribution in [2.24, 2.45) is 5.14 Å². The van der Waals surface area contributed by atoms with E-state index in [1.54, 1.807) is 25.1 Å². The zero-order chi connectivity index (χ0) is 17.7. The van der Waals surface area contributed by atoms with Gasteiger partial charge in [0.05, 0.1) is 10.6 Å². The minimum Gasteiger partial charge on any atom is -0.354 e. The second kappa shape index (κ2) is 7.37. The molecule has 2 rings (SSSR count). The number of nitrogens with two attached hydrogens (primary N) is 1. The van der Waals surface area contributed by atoms with Crippen molar-refractivity contribution in [3.63, 3.8) is 0 Å². The van der Waals surface area contributed by atoms with Gasteiger partial charge in [0.2, 0.25) is 15.9 Å². The van der Waals surface area contributed by atoms with E-state index in [-0.39, 0.29) is 22.9 Å². The van der Waals surface area contributed by atoms with Gasteiger partial charge in [0.1, 0.15) is 6.54 Å². The number of aromatic nitrogens is 2. The first-order chi connectivity index (χ1) is 11.3. The molecule has 0 radical (unpaired) electrons. The van der Waals surface area contributed by atoms with Crippen LogP contribution in [-0.4, -0.2) is 30.7 Å². The van der Waals surface area contributed by atoms with Crippen LogP contribution in [-0.2, 0) is 27.8 Å². The molecule has 0 saturated carbocycles. The van der Waals surface area contributed by atoms with E-state index in [9.17, 15) is 18.0 Å². The van der Waals surface area contributed by atoms with Crippen molar-refractivity contribution in [1.82, 2.24) is 15.1 Å². The zero-order valence-electron chi connectivity index (χ0n) is 13.1. The Bertz CT molecular complexity index is 888. The number of carbonyl (C=O) groups excluding carboxylic acids is 1. The molecular formula is C15H18N4O4S. The molecule has 0 bridgehead atoms. The van der Waals surface area contributed by atoms with Gasteiger partial charge in [-0.15, -0.1) is 0 Å². The molecule has 0 atom stereocenters. The number of carbonyl (C=O) groups is 1. The van der Waals surface area contributed by atoms with Crippen molar-refractivity contribution in [2.75, 3.05) is 6.54 Å². The lowest BCUT2D eigenvalue weighted by atomic mass is 10.1. The number of nitrogens with one attached hydrogen (secondary N) is 1. The van der Waals surface area contributed by atoms with Crippen molar-refractivity contribution in [3.05, 3.63) is 58.0 Å². The Labute approximate surface area is 139 Å². The second-order valence-corrected chi connectivity index (χ2v) is 6.82. The normalized spacial score (nSPS) is 11.2. The number of hydrogen-bond acceptors (Lipinski definition) is 5. The van der Waals surface area contributed by atoms with Crippen LogP contribution in [0.3, 0.4) is 0 Å². The van der Waals surface area contributed by atoms with E-state index in [1.807, 2.05) is 0 Å². The van der Waals surface area contributed by atoms with Crippen LogP contribution in [0.4, 0.5) is 0 Å². The predicted octanol–water partition coefficient (Wildman–Crippen LogP) is -0.442. The Morgan fingerprint density at radius 1 is 1.21 bits per heavy atom. The van der Waals surface area contributed by atoms with Crippen LogP contribution in [0.15, 0.2) is 46.1 Å². The second-order valence-electron chi connectivity index (χ2n) is 5.26. The topological polar surface area (TPSA) is 124 Å². The van der Waals surface area contributed by atoms with Gasteiger partial charge in [-0.1, -0.05) is 12.1 Å². The molecule has 0 fully saturated rings. The largest absolute Gasteiger partial charge is 0.354 e. The van der Waals surface area contributed by atoms with Crippen LogP contribution < -0.4 is 16.0 Å². The zero-order valence-corrected chi connectivity index (χ0v) is 13.9. The Morgan fingerprint density at radius 3 is 2.50 bits per heavy atom. The highest BCUT2D eigenvalue weighted by atomic mass is 32.2. The number of aryl methyl sites for hydroxylation is 1. The van der Waals surface area contributed by atoms with E-state index >= 15 is 0 Å². The van der Waals surface area contributed by atoms with E-state index in [4.69, 9.17) is 5.14 Å². The number of rotatable bonds is 6. The van der Waals surface area contributed by atoms with Crippen molar-refractivity contribution in [2.45, 2.75) is 24.8 Å². The van der Waals surface area contributed by atoms with Crippen molar-refractivity contribution in [3.8, 4) is 0 Å². The fourth-order valence-corrected chi connectivity index (χ4v) is 2.56. The van der Waals surface area contributed by atoms with E-state index in [2.05, 4.69) is 10.4 Å². The minimum atomic E-state index is -3.70. The summed E-state index contributed by atoms with van der Waals surface area (Å²) in [5.74, 6) is -0.323. The maximum Gasteiger partial charge on any atom is 0.267 e. The van der Waals surface area contributed by atoms with Crippen molar-refractivity contribution < 1.29 is 13.2 Å². The lowest BCUT2D eigenvalue weighted by Gasteiger charge is -2.07. The van der Waals surface area contributed by atoms with Gasteiger partial charge in [-0.2, -0.15) is 5.10 Å². The highest BCUT2D eigenvalue weighted by molar-refractivity contribution is 7.89. The summed E-state index contributed by atoms with van der Waals surface area (Å²) < 4.78 is 23.4. The smallest absolute Gasteiger partial charge is 0.267 e. The SMILES string of the molecule is Cc1ccc(=O)n(CC(=O)NCCc2ccc(S(N)(=O)=O)cc2)n1. The monoisotopic (exact) mass is 350 g/mol. The van der Waals surface area contributed by atoms with E-state index in [0.29, 0.717) is 18.7 Å². The van der Waals surface area contributed by atoms with E-state index in [1.165, 1.54) is 18.2 Å². The van der Waals surface area contributed by atoms with Gasteiger partial charge in [0.25, 0.3) is 5.56 Å². The van der Waals surface area contributed by atoms with Crippen LogP contribution in [0, 0.1) is 6.92 Å². The molecule has 0 aliphatic rings. The van der Waals surface area contributed by atoms with Gasteiger partial charge in [-0.05, 0) is 37.1 Å². The van der Waals surface area contributed by atoms with Gasteiger partial charge < -0.3 is 5.32 Å². The number of benzene rings is 1. The molecule has 2 aromatic rings. The van der Waals surface area contributed by atoms with Gasteiger partial charge >= 0.3 is 0 Å². The average Bonchev–Trinajstić information content (AvgIpc) is 2.50. The van der Waals surface area contributed by atoms with Crippen LogP contribution >= 0.6 is 0 Å². The van der Waals surface area contributed by atoms with Crippen molar-refractivity contribution >= 4 is 15.9 Å². The Hall–Kier alpha value is -2.52. The quantitative estimate of drug-likeness (QED) is 0.731. The molecule has 1 amide bonds. The predicted molar refractivity (Wildman–Crippen MR) is 87.8 cm³/mol. The van der Waals surface area contributed by atoms with Gasteiger partial charge in [0, 0.05) is 12.6 Å². The summed E-state index contributed by atoms with van der Waals surface area (Å²) in [4.78, 5) is 23.5. The standard InChI is InChI=1S/C15H18N4O4S/c1-11-2-7-15(21)19(18-11)10-14(20)17-9-8-12-3-5-13(6-4-12)24(16,22)23/h2-7H,8-10H2,1H3,(H,17,20)(H2,16,22,23). The summed E-state index contributed by atoms with van der Waals surface area (Å²) in [6, 6.07) is 9.06. The summed E-state index contributed by atoms with van der Waals surface area (Å²) in [5, 5.41) is 11.7. The highest BCUT2D eigenvalue weighted by Crippen LogP contribution is 2.08. The first kappa shape index (κ1) is 17.8. The third kappa shape index (κ3) is 5.00.